The van der Waals surface area contributed by atoms with Crippen LogP contribution in [0.3, 0.4) is 0 Å². The van der Waals surface area contributed by atoms with Gasteiger partial charge >= 0.3 is 5.97 Å². The molecule has 0 aliphatic heterocycles. The summed E-state index contributed by atoms with van der Waals surface area (Å²) in [4.78, 5) is 23.7. The van der Waals surface area contributed by atoms with Gasteiger partial charge in [-0.25, -0.2) is 13.9 Å². The molecule has 0 aliphatic carbocycles. The van der Waals surface area contributed by atoms with Gasteiger partial charge in [-0.2, -0.15) is 5.10 Å². The average Bonchev–Trinajstić information content (AvgIpc) is 2.41. The lowest BCUT2D eigenvalue weighted by Gasteiger charge is -2.11. The SMILES string of the molecule is CC(C)Cn1ncc(-c2ccc(F)cc2)c(C(=O)O)c1=O. The van der Waals surface area contributed by atoms with Crippen LogP contribution in [0, 0.1) is 11.7 Å². The van der Waals surface area contributed by atoms with Crippen LogP contribution in [-0.4, -0.2) is 20.9 Å². The first kappa shape index (κ1) is 14.9. The second-order valence-corrected chi connectivity index (χ2v) is 5.13. The second kappa shape index (κ2) is 5.87. The lowest BCUT2D eigenvalue weighted by Crippen LogP contribution is -2.30. The number of carbonyl (C=O) groups is 1. The first-order chi connectivity index (χ1) is 9.90. The minimum absolute atomic E-state index is 0.161. The van der Waals surface area contributed by atoms with Crippen molar-refractivity contribution in [3.8, 4) is 11.1 Å². The van der Waals surface area contributed by atoms with Crippen LogP contribution in [0.15, 0.2) is 35.3 Å². The first-order valence-corrected chi connectivity index (χ1v) is 6.49. The highest BCUT2D eigenvalue weighted by atomic mass is 19.1. The highest BCUT2D eigenvalue weighted by Gasteiger charge is 2.19. The fourth-order valence-electron chi connectivity index (χ4n) is 2.02. The quantitative estimate of drug-likeness (QED) is 0.938. The Kier molecular flexibility index (Phi) is 4.16. The zero-order chi connectivity index (χ0) is 15.6. The van der Waals surface area contributed by atoms with Crippen molar-refractivity contribution in [1.29, 1.82) is 0 Å². The molecule has 0 amide bonds. The van der Waals surface area contributed by atoms with E-state index in [9.17, 15) is 19.1 Å². The largest absolute Gasteiger partial charge is 0.477 e. The van der Waals surface area contributed by atoms with E-state index in [-0.39, 0.29) is 17.0 Å². The van der Waals surface area contributed by atoms with Crippen molar-refractivity contribution in [3.63, 3.8) is 0 Å². The van der Waals surface area contributed by atoms with Gasteiger partial charge < -0.3 is 5.11 Å². The van der Waals surface area contributed by atoms with Gasteiger partial charge in [0.25, 0.3) is 5.56 Å². The number of halogens is 1. The normalized spacial score (nSPS) is 10.9. The molecule has 0 spiro atoms. The van der Waals surface area contributed by atoms with E-state index in [2.05, 4.69) is 5.10 Å². The third kappa shape index (κ3) is 3.16. The molecular formula is C15H15FN2O3. The maximum Gasteiger partial charge on any atom is 0.342 e. The molecule has 0 saturated heterocycles. The van der Waals surface area contributed by atoms with Gasteiger partial charge in [0.1, 0.15) is 11.4 Å². The molecule has 0 unspecified atom stereocenters. The number of aromatic nitrogens is 2. The fourth-order valence-corrected chi connectivity index (χ4v) is 2.02. The predicted octanol–water partition coefficient (Wildman–Crippen LogP) is 2.40. The highest BCUT2D eigenvalue weighted by molar-refractivity contribution is 5.95. The molecule has 0 bridgehead atoms. The summed E-state index contributed by atoms with van der Waals surface area (Å²) in [5, 5.41) is 13.3. The topological polar surface area (TPSA) is 72.2 Å². The Hall–Kier alpha value is -2.50. The highest BCUT2D eigenvalue weighted by Crippen LogP contribution is 2.21. The van der Waals surface area contributed by atoms with E-state index < -0.39 is 17.3 Å². The van der Waals surface area contributed by atoms with E-state index in [1.807, 2.05) is 13.8 Å². The molecule has 110 valence electrons. The Balaban J connectivity index is 2.62. The number of carboxylic acids is 1. The third-order valence-corrected chi connectivity index (χ3v) is 2.95. The predicted molar refractivity (Wildman–Crippen MR) is 75.7 cm³/mol. The second-order valence-electron chi connectivity index (χ2n) is 5.13. The minimum atomic E-state index is -1.32. The summed E-state index contributed by atoms with van der Waals surface area (Å²) in [6, 6.07) is 5.26. The van der Waals surface area contributed by atoms with Crippen LogP contribution in [0.25, 0.3) is 11.1 Å². The molecule has 0 aliphatic rings. The van der Waals surface area contributed by atoms with Gasteiger partial charge in [0, 0.05) is 12.1 Å². The van der Waals surface area contributed by atoms with Crippen molar-refractivity contribution in [1.82, 2.24) is 9.78 Å². The molecule has 1 N–H and O–H groups in total. The Morgan fingerprint density at radius 1 is 1.33 bits per heavy atom. The molecule has 0 radical (unpaired) electrons. The molecule has 6 heteroatoms. The number of aromatic carboxylic acids is 1. The van der Waals surface area contributed by atoms with E-state index in [4.69, 9.17) is 0 Å². The number of nitrogens with zero attached hydrogens (tertiary/aromatic N) is 2. The number of carboxylic acid groups (broad SMARTS) is 1. The maximum absolute atomic E-state index is 13.0. The molecule has 0 atom stereocenters. The minimum Gasteiger partial charge on any atom is -0.477 e. The average molecular weight is 290 g/mol. The van der Waals surface area contributed by atoms with Gasteiger partial charge in [-0.1, -0.05) is 26.0 Å². The Morgan fingerprint density at radius 3 is 2.48 bits per heavy atom. The fraction of sp³-hybridized carbons (Fsp3) is 0.267. The summed E-state index contributed by atoms with van der Waals surface area (Å²) in [6.45, 7) is 4.15. The molecular weight excluding hydrogens is 275 g/mol. The molecule has 2 rings (SSSR count). The molecule has 1 heterocycles. The summed E-state index contributed by atoms with van der Waals surface area (Å²) >= 11 is 0. The summed E-state index contributed by atoms with van der Waals surface area (Å²) in [6.07, 6.45) is 1.33. The van der Waals surface area contributed by atoms with Crippen molar-refractivity contribution >= 4 is 5.97 Å². The van der Waals surface area contributed by atoms with Crippen LogP contribution >= 0.6 is 0 Å². The molecule has 0 saturated carbocycles. The molecule has 5 nitrogen and oxygen atoms in total. The van der Waals surface area contributed by atoms with E-state index >= 15 is 0 Å². The van der Waals surface area contributed by atoms with Crippen molar-refractivity contribution in [2.24, 2.45) is 5.92 Å². The zero-order valence-electron chi connectivity index (χ0n) is 11.7. The van der Waals surface area contributed by atoms with Gasteiger partial charge in [-0.05, 0) is 23.6 Å². The van der Waals surface area contributed by atoms with E-state index in [0.717, 1.165) is 4.68 Å². The number of benzene rings is 1. The summed E-state index contributed by atoms with van der Waals surface area (Å²) in [5.41, 5.74) is -0.377. The first-order valence-electron chi connectivity index (χ1n) is 6.49. The van der Waals surface area contributed by atoms with Crippen LogP contribution in [-0.2, 0) is 6.54 Å². The van der Waals surface area contributed by atoms with E-state index in [1.165, 1.54) is 30.5 Å². The standard InChI is InChI=1S/C15H15FN2O3/c1-9(2)8-18-14(19)13(15(20)21)12(7-17-18)10-3-5-11(16)6-4-10/h3-7,9H,8H2,1-2H3,(H,20,21). The monoisotopic (exact) mass is 290 g/mol. The van der Waals surface area contributed by atoms with Gasteiger partial charge in [0.15, 0.2) is 0 Å². The Bertz CT molecular complexity index is 721. The number of rotatable bonds is 4. The van der Waals surface area contributed by atoms with E-state index in [0.29, 0.717) is 12.1 Å². The van der Waals surface area contributed by atoms with Gasteiger partial charge in [0.2, 0.25) is 0 Å². The molecule has 1 aromatic carbocycles. The maximum atomic E-state index is 13.0. The van der Waals surface area contributed by atoms with Crippen molar-refractivity contribution in [3.05, 3.63) is 52.2 Å². The van der Waals surface area contributed by atoms with Crippen molar-refractivity contribution in [2.45, 2.75) is 20.4 Å². The van der Waals surface area contributed by atoms with Crippen molar-refractivity contribution in [2.75, 3.05) is 0 Å². The molecule has 0 fully saturated rings. The zero-order valence-corrected chi connectivity index (χ0v) is 11.7. The third-order valence-electron chi connectivity index (χ3n) is 2.95. The Morgan fingerprint density at radius 2 is 1.95 bits per heavy atom. The summed E-state index contributed by atoms with van der Waals surface area (Å²) in [7, 11) is 0. The molecule has 21 heavy (non-hydrogen) atoms. The van der Waals surface area contributed by atoms with Crippen LogP contribution in [0.4, 0.5) is 4.39 Å². The van der Waals surface area contributed by atoms with Crippen LogP contribution in [0.2, 0.25) is 0 Å². The Labute approximate surface area is 120 Å². The lowest BCUT2D eigenvalue weighted by atomic mass is 10.0. The van der Waals surface area contributed by atoms with Crippen molar-refractivity contribution < 1.29 is 14.3 Å². The van der Waals surface area contributed by atoms with Gasteiger partial charge in [-0.3, -0.25) is 4.79 Å². The number of hydrogen-bond donors (Lipinski definition) is 1. The summed E-state index contributed by atoms with van der Waals surface area (Å²) < 4.78 is 14.1. The summed E-state index contributed by atoms with van der Waals surface area (Å²) in [5.74, 6) is -1.59. The van der Waals surface area contributed by atoms with Gasteiger partial charge in [0.05, 0.1) is 6.20 Å². The lowest BCUT2D eigenvalue weighted by molar-refractivity contribution is 0.0694. The van der Waals surface area contributed by atoms with Crippen LogP contribution in [0.5, 0.6) is 0 Å². The molecule has 1 aromatic heterocycles. The smallest absolute Gasteiger partial charge is 0.342 e. The van der Waals surface area contributed by atoms with Gasteiger partial charge in [-0.15, -0.1) is 0 Å². The molecule has 2 aromatic rings. The number of hydrogen-bond acceptors (Lipinski definition) is 3. The van der Waals surface area contributed by atoms with Crippen LogP contribution in [0.1, 0.15) is 24.2 Å². The van der Waals surface area contributed by atoms with E-state index in [1.54, 1.807) is 0 Å². The van der Waals surface area contributed by atoms with Crippen LogP contribution < -0.4 is 5.56 Å².